The van der Waals surface area contributed by atoms with Crippen molar-refractivity contribution in [1.29, 1.82) is 0 Å². The van der Waals surface area contributed by atoms with Crippen LogP contribution in [-0.2, 0) is 0 Å². The number of hydrogen-bond acceptors (Lipinski definition) is 2. The van der Waals surface area contributed by atoms with Crippen molar-refractivity contribution in [2.75, 3.05) is 0 Å². The fourth-order valence-corrected chi connectivity index (χ4v) is 2.17. The van der Waals surface area contributed by atoms with Gasteiger partial charge >= 0.3 is 0 Å². The van der Waals surface area contributed by atoms with Crippen LogP contribution in [0.4, 0.5) is 8.78 Å². The molecule has 4 heteroatoms. The largest absolute Gasteiger partial charge is 0.508 e. The molecule has 2 aromatic rings. The summed E-state index contributed by atoms with van der Waals surface area (Å²) in [6, 6.07) is 9.85. The number of benzene rings is 2. The molecule has 0 saturated carbocycles. The summed E-state index contributed by atoms with van der Waals surface area (Å²) in [4.78, 5) is 0. The van der Waals surface area contributed by atoms with Crippen LogP contribution in [0, 0.1) is 11.6 Å². The lowest BCUT2D eigenvalue weighted by Crippen LogP contribution is -2.23. The molecule has 2 aromatic carbocycles. The fraction of sp³-hybridized carbons (Fsp3) is 0.250. The van der Waals surface area contributed by atoms with Gasteiger partial charge in [-0.2, -0.15) is 0 Å². The Balaban J connectivity index is 2.12. The van der Waals surface area contributed by atoms with Crippen molar-refractivity contribution in [3.63, 3.8) is 0 Å². The number of phenolic OH excluding ortho intramolecular Hbond substituents is 1. The molecule has 0 aliphatic rings. The second-order valence-corrected chi connectivity index (χ2v) is 4.87. The lowest BCUT2D eigenvalue weighted by atomic mass is 10.0. The molecule has 20 heavy (non-hydrogen) atoms. The molecule has 2 nitrogen and oxygen atoms in total. The van der Waals surface area contributed by atoms with Gasteiger partial charge in [0, 0.05) is 17.6 Å². The Bertz CT molecular complexity index is 584. The van der Waals surface area contributed by atoms with E-state index in [0.29, 0.717) is 5.56 Å². The number of hydrogen-bond donors (Lipinski definition) is 2. The molecular formula is C16H17F2NO. The molecule has 2 atom stereocenters. The van der Waals surface area contributed by atoms with Crippen LogP contribution in [0.1, 0.15) is 37.1 Å². The molecule has 0 saturated heterocycles. The minimum Gasteiger partial charge on any atom is -0.508 e. The SMILES string of the molecule is CC(NC(C)c1cc(F)ccc1F)c1ccc(O)cc1. The molecule has 0 fully saturated rings. The van der Waals surface area contributed by atoms with E-state index >= 15 is 0 Å². The zero-order valence-corrected chi connectivity index (χ0v) is 11.4. The average molecular weight is 277 g/mol. The molecule has 0 aliphatic heterocycles. The standard InChI is InChI=1S/C16H17F2NO/c1-10(12-3-6-14(20)7-4-12)19-11(2)15-9-13(17)5-8-16(15)18/h3-11,19-20H,1-2H3. The van der Waals surface area contributed by atoms with Crippen LogP contribution in [0.2, 0.25) is 0 Å². The zero-order valence-electron chi connectivity index (χ0n) is 11.4. The lowest BCUT2D eigenvalue weighted by Gasteiger charge is -2.21. The summed E-state index contributed by atoms with van der Waals surface area (Å²) in [5, 5.41) is 12.5. The molecule has 0 aromatic heterocycles. The van der Waals surface area contributed by atoms with Crippen LogP contribution < -0.4 is 5.32 Å². The van der Waals surface area contributed by atoms with E-state index in [9.17, 15) is 13.9 Å². The second kappa shape index (κ2) is 6.01. The Kier molecular flexibility index (Phi) is 4.35. The minimum atomic E-state index is -0.452. The van der Waals surface area contributed by atoms with E-state index in [0.717, 1.165) is 17.7 Å². The number of aromatic hydroxyl groups is 1. The van der Waals surface area contributed by atoms with E-state index in [1.165, 1.54) is 6.07 Å². The Labute approximate surface area is 117 Å². The van der Waals surface area contributed by atoms with Gasteiger partial charge in [-0.15, -0.1) is 0 Å². The normalized spacial score (nSPS) is 14.0. The quantitative estimate of drug-likeness (QED) is 0.882. The van der Waals surface area contributed by atoms with Crippen LogP contribution in [0.15, 0.2) is 42.5 Å². The predicted molar refractivity (Wildman–Crippen MR) is 74.4 cm³/mol. The van der Waals surface area contributed by atoms with Gasteiger partial charge in [-0.3, -0.25) is 0 Å². The summed E-state index contributed by atoms with van der Waals surface area (Å²) >= 11 is 0. The Hall–Kier alpha value is -1.94. The molecular weight excluding hydrogens is 260 g/mol. The van der Waals surface area contributed by atoms with Crippen molar-refractivity contribution >= 4 is 0 Å². The number of halogens is 2. The first-order valence-corrected chi connectivity index (χ1v) is 6.47. The highest BCUT2D eigenvalue weighted by Crippen LogP contribution is 2.23. The van der Waals surface area contributed by atoms with E-state index in [-0.39, 0.29) is 17.8 Å². The van der Waals surface area contributed by atoms with E-state index in [2.05, 4.69) is 5.32 Å². The minimum absolute atomic E-state index is 0.0479. The van der Waals surface area contributed by atoms with Crippen molar-refractivity contribution in [3.05, 3.63) is 65.2 Å². The van der Waals surface area contributed by atoms with E-state index < -0.39 is 11.6 Å². The summed E-state index contributed by atoms with van der Waals surface area (Å²) in [6.45, 7) is 3.72. The summed E-state index contributed by atoms with van der Waals surface area (Å²) in [5.74, 6) is -0.679. The van der Waals surface area contributed by atoms with Crippen molar-refractivity contribution in [2.24, 2.45) is 0 Å². The third-order valence-electron chi connectivity index (χ3n) is 3.32. The van der Waals surface area contributed by atoms with Crippen molar-refractivity contribution in [2.45, 2.75) is 25.9 Å². The smallest absolute Gasteiger partial charge is 0.128 e. The van der Waals surface area contributed by atoms with E-state index in [1.807, 2.05) is 6.92 Å². The van der Waals surface area contributed by atoms with Crippen LogP contribution >= 0.6 is 0 Å². The molecule has 0 aliphatic carbocycles. The third-order valence-corrected chi connectivity index (χ3v) is 3.32. The highest BCUT2D eigenvalue weighted by molar-refractivity contribution is 5.28. The monoisotopic (exact) mass is 277 g/mol. The molecule has 0 amide bonds. The first-order chi connectivity index (χ1) is 9.47. The van der Waals surface area contributed by atoms with Crippen LogP contribution in [0.5, 0.6) is 5.75 Å². The topological polar surface area (TPSA) is 32.3 Å². The lowest BCUT2D eigenvalue weighted by molar-refractivity contribution is 0.465. The molecule has 2 unspecified atom stereocenters. The summed E-state index contributed by atoms with van der Waals surface area (Å²) in [7, 11) is 0. The van der Waals surface area contributed by atoms with Crippen molar-refractivity contribution in [3.8, 4) is 5.75 Å². The zero-order chi connectivity index (χ0) is 14.7. The Morgan fingerprint density at radius 3 is 2.25 bits per heavy atom. The molecule has 2 N–H and O–H groups in total. The van der Waals surface area contributed by atoms with Crippen LogP contribution in [0.3, 0.4) is 0 Å². The maximum Gasteiger partial charge on any atom is 0.128 e. The molecule has 0 spiro atoms. The Morgan fingerprint density at radius 1 is 0.950 bits per heavy atom. The first kappa shape index (κ1) is 14.5. The highest BCUT2D eigenvalue weighted by Gasteiger charge is 2.15. The maximum atomic E-state index is 13.7. The number of nitrogens with one attached hydrogen (secondary N) is 1. The first-order valence-electron chi connectivity index (χ1n) is 6.47. The third kappa shape index (κ3) is 3.33. The Morgan fingerprint density at radius 2 is 1.60 bits per heavy atom. The van der Waals surface area contributed by atoms with Gasteiger partial charge in [-0.25, -0.2) is 8.78 Å². The van der Waals surface area contributed by atoms with E-state index in [4.69, 9.17) is 0 Å². The van der Waals surface area contributed by atoms with Gasteiger partial charge in [-0.05, 0) is 49.7 Å². The maximum absolute atomic E-state index is 13.7. The molecule has 2 rings (SSSR count). The van der Waals surface area contributed by atoms with Crippen LogP contribution in [-0.4, -0.2) is 5.11 Å². The van der Waals surface area contributed by atoms with Gasteiger partial charge in [-0.1, -0.05) is 12.1 Å². The van der Waals surface area contributed by atoms with Gasteiger partial charge in [0.05, 0.1) is 0 Å². The van der Waals surface area contributed by atoms with Crippen molar-refractivity contribution < 1.29 is 13.9 Å². The molecule has 0 radical (unpaired) electrons. The highest BCUT2D eigenvalue weighted by atomic mass is 19.1. The summed E-state index contributed by atoms with van der Waals surface area (Å²) < 4.78 is 26.9. The van der Waals surface area contributed by atoms with Gasteiger partial charge in [0.25, 0.3) is 0 Å². The average Bonchev–Trinajstić information content (AvgIpc) is 2.42. The number of rotatable bonds is 4. The summed E-state index contributed by atoms with van der Waals surface area (Å²) in [5.41, 5.74) is 1.27. The summed E-state index contributed by atoms with van der Waals surface area (Å²) in [6.07, 6.45) is 0. The van der Waals surface area contributed by atoms with Gasteiger partial charge in [0.2, 0.25) is 0 Å². The molecule has 0 heterocycles. The fourth-order valence-electron chi connectivity index (χ4n) is 2.17. The van der Waals surface area contributed by atoms with Gasteiger partial charge < -0.3 is 10.4 Å². The van der Waals surface area contributed by atoms with Gasteiger partial charge in [0.1, 0.15) is 17.4 Å². The molecule has 106 valence electrons. The number of phenols is 1. The van der Waals surface area contributed by atoms with Crippen molar-refractivity contribution in [1.82, 2.24) is 5.32 Å². The van der Waals surface area contributed by atoms with E-state index in [1.54, 1.807) is 31.2 Å². The van der Waals surface area contributed by atoms with Gasteiger partial charge in [0.15, 0.2) is 0 Å². The van der Waals surface area contributed by atoms with Crippen LogP contribution in [0.25, 0.3) is 0 Å². The second-order valence-electron chi connectivity index (χ2n) is 4.87. The predicted octanol–water partition coefficient (Wildman–Crippen LogP) is 4.08. The molecule has 0 bridgehead atoms.